The molecule has 11 atom stereocenters. The van der Waals surface area contributed by atoms with Gasteiger partial charge >= 0.3 is 11.9 Å². The first-order valence-corrected chi connectivity index (χ1v) is 25.5. The Labute approximate surface area is 425 Å². The first kappa shape index (κ1) is 60.3. The number of hydrogen-bond acceptors (Lipinski definition) is 13. The summed E-state index contributed by atoms with van der Waals surface area (Å²) in [6.45, 7) is 19.5. The number of rotatable bonds is 16. The number of carbonyl (C=O) groups excluding carboxylic acids is 8. The van der Waals surface area contributed by atoms with Crippen LogP contribution in [0.2, 0.25) is 0 Å². The number of likely N-dealkylation sites (N-methyl/N-ethyl adjacent to an activating group) is 2. The van der Waals surface area contributed by atoms with Gasteiger partial charge in [0.1, 0.15) is 48.1 Å². The molecule has 1 aromatic carbocycles. The molecule has 71 heavy (non-hydrogen) atoms. The van der Waals surface area contributed by atoms with E-state index in [1.165, 1.54) is 42.8 Å². The van der Waals surface area contributed by atoms with Gasteiger partial charge in [-0.25, -0.2) is 9.63 Å². The molecule has 0 saturated carbocycles. The van der Waals surface area contributed by atoms with Gasteiger partial charge in [-0.3, -0.25) is 33.6 Å². The molecule has 0 radical (unpaired) electrons. The van der Waals surface area contributed by atoms with Crippen LogP contribution < -0.4 is 25.5 Å². The maximum absolute atomic E-state index is 14.8. The number of carbonyl (C=O) groups is 8. The lowest BCUT2D eigenvalue weighted by Crippen LogP contribution is -2.62. The number of nitrogens with zero attached hydrogens (tertiary/aromatic N) is 3. The average molecular weight is 1020 g/mol. The van der Waals surface area contributed by atoms with E-state index in [-0.39, 0.29) is 50.0 Å². The standard InChI is InChI=1S/C51H82ClN7O12/c1-15-31(10)42-39(60)26-40(61)71-44(30(8)9)47(64)53-35(23-27(2)3)48(65)59-22-16-17-36(59)49(66)58(13)38(25-33-18-20-34(69-14)21-19-33)51(68)70-32(11)43(46(63)54-42)55-45(62)37(24-28(4)5)57(12)50(67)41(56-52)29(6)7/h18-21,27-32,35-39,41-44,56,60H,15-17,22-26H2,1-14H3,(H,53,64)(H,54,63)(H,55,62)/t31-,32+,35-,36-,37+,38-,39-,41-,42+,43-,44-/m0/s1. The minimum atomic E-state index is -1.67. The highest BCUT2D eigenvalue weighted by Crippen LogP contribution is 2.26. The minimum Gasteiger partial charge on any atom is -0.497 e. The van der Waals surface area contributed by atoms with Gasteiger partial charge in [0.25, 0.3) is 5.91 Å². The number of halogens is 1. The predicted molar refractivity (Wildman–Crippen MR) is 267 cm³/mol. The summed E-state index contributed by atoms with van der Waals surface area (Å²) in [5.41, 5.74) is 0.615. The summed E-state index contributed by atoms with van der Waals surface area (Å²) in [6, 6.07) is -1.46. The van der Waals surface area contributed by atoms with Crippen LogP contribution in [0, 0.1) is 29.6 Å². The molecule has 2 aliphatic heterocycles. The van der Waals surface area contributed by atoms with E-state index in [1.54, 1.807) is 58.9 Å². The fourth-order valence-electron chi connectivity index (χ4n) is 8.99. The molecule has 2 fully saturated rings. The predicted octanol–water partition coefficient (Wildman–Crippen LogP) is 3.51. The Balaban J connectivity index is 2.27. The summed E-state index contributed by atoms with van der Waals surface area (Å²) in [5, 5.41) is 20.1. The van der Waals surface area contributed by atoms with Gasteiger partial charge in [0.05, 0.1) is 25.7 Å². The fraction of sp³-hybridized carbons (Fsp3) is 0.725. The minimum absolute atomic E-state index is 0.0738. The number of ether oxygens (including phenoxy) is 3. The average Bonchev–Trinajstić information content (AvgIpc) is 3.80. The highest BCUT2D eigenvalue weighted by molar-refractivity contribution is 6.15. The van der Waals surface area contributed by atoms with Gasteiger partial charge in [-0.05, 0) is 91.7 Å². The molecule has 5 N–H and O–H groups in total. The van der Waals surface area contributed by atoms with E-state index in [0.29, 0.717) is 24.2 Å². The van der Waals surface area contributed by atoms with Crippen LogP contribution in [0.5, 0.6) is 5.75 Å². The van der Waals surface area contributed by atoms with Crippen LogP contribution in [-0.4, -0.2) is 156 Å². The van der Waals surface area contributed by atoms with Crippen LogP contribution in [0.25, 0.3) is 0 Å². The Morgan fingerprint density at radius 1 is 0.930 bits per heavy atom. The Hall–Kier alpha value is -5.01. The first-order valence-electron chi connectivity index (χ1n) is 25.1. The molecule has 1 aromatic rings. The molecule has 2 aliphatic rings. The van der Waals surface area contributed by atoms with Gasteiger partial charge in [0.2, 0.25) is 29.5 Å². The summed E-state index contributed by atoms with van der Waals surface area (Å²) in [6.07, 6.45) is -3.69. The van der Waals surface area contributed by atoms with Gasteiger partial charge in [0.15, 0.2) is 6.10 Å². The number of esters is 2. The number of hydrogen-bond donors (Lipinski definition) is 5. The lowest BCUT2D eigenvalue weighted by Gasteiger charge is -2.36. The highest BCUT2D eigenvalue weighted by atomic mass is 35.5. The normalized spacial score (nSPS) is 26.0. The van der Waals surface area contributed by atoms with Crippen LogP contribution in [0.3, 0.4) is 0 Å². The summed E-state index contributed by atoms with van der Waals surface area (Å²) in [5.74, 6) is -6.85. The zero-order valence-corrected chi connectivity index (χ0v) is 45.0. The number of nitrogens with one attached hydrogen (secondary N) is 4. The fourth-order valence-corrected chi connectivity index (χ4v) is 9.33. The lowest BCUT2D eigenvalue weighted by molar-refractivity contribution is -0.162. The Morgan fingerprint density at radius 3 is 2.10 bits per heavy atom. The highest BCUT2D eigenvalue weighted by Gasteiger charge is 2.45. The number of cyclic esters (lactones) is 2. The summed E-state index contributed by atoms with van der Waals surface area (Å²) in [4.78, 5) is 121. The monoisotopic (exact) mass is 1020 g/mol. The van der Waals surface area contributed by atoms with Gasteiger partial charge in [0, 0.05) is 27.1 Å². The number of amides is 6. The van der Waals surface area contributed by atoms with Crippen LogP contribution in [0.15, 0.2) is 24.3 Å². The summed E-state index contributed by atoms with van der Waals surface area (Å²) < 4.78 is 17.2. The Bertz CT molecular complexity index is 1990. The SMILES string of the molecule is CC[C@H](C)[C@H]1NC(=O)[C@@H](NC(=O)[C@@H](CC(C)C)N(C)C(=O)[C@@H](NCl)C(C)C)[C@@H](C)OC(=O)[C@H](Cc2ccc(OC)cc2)N(C)C(=O)[C@@H]2CCCN2C(=O)[C@H](CC(C)C)NC(=O)[C@H](C(C)C)OC(=O)C[C@@H]1O. The molecule has 20 heteroatoms. The van der Waals surface area contributed by atoms with Crippen molar-refractivity contribution in [1.29, 1.82) is 0 Å². The van der Waals surface area contributed by atoms with Crippen molar-refractivity contribution in [3.63, 3.8) is 0 Å². The van der Waals surface area contributed by atoms with E-state index < -0.39 is 126 Å². The number of benzene rings is 1. The second-order valence-electron chi connectivity index (χ2n) is 20.8. The van der Waals surface area contributed by atoms with Gasteiger partial charge < -0.3 is 50.0 Å². The quantitative estimate of drug-likeness (QED) is 0.118. The van der Waals surface area contributed by atoms with Crippen LogP contribution in [0.1, 0.15) is 120 Å². The molecule has 2 saturated heterocycles. The number of fused-ring (bicyclic) bond motifs is 1. The molecule has 6 amide bonds. The van der Waals surface area contributed by atoms with Crippen molar-refractivity contribution in [2.75, 3.05) is 27.7 Å². The third-order valence-electron chi connectivity index (χ3n) is 13.5. The zero-order valence-electron chi connectivity index (χ0n) is 44.3. The van der Waals surface area contributed by atoms with Crippen molar-refractivity contribution in [2.45, 2.75) is 182 Å². The molecule has 0 bridgehead atoms. The number of aliphatic hydroxyl groups excluding tert-OH is 1. The van der Waals surface area contributed by atoms with Crippen molar-refractivity contribution in [3.05, 3.63) is 29.8 Å². The lowest BCUT2D eigenvalue weighted by atomic mass is 9.92. The third kappa shape index (κ3) is 16.5. The maximum atomic E-state index is 14.8. The molecule has 400 valence electrons. The van der Waals surface area contributed by atoms with Crippen molar-refractivity contribution < 1.29 is 57.7 Å². The van der Waals surface area contributed by atoms with E-state index >= 15 is 0 Å². The van der Waals surface area contributed by atoms with Crippen molar-refractivity contribution in [3.8, 4) is 5.75 Å². The Morgan fingerprint density at radius 2 is 1.56 bits per heavy atom. The summed E-state index contributed by atoms with van der Waals surface area (Å²) in [7, 11) is 4.40. The van der Waals surface area contributed by atoms with E-state index in [0.717, 1.165) is 0 Å². The Kier molecular flexibility index (Phi) is 23.5. The van der Waals surface area contributed by atoms with Crippen LogP contribution in [0.4, 0.5) is 0 Å². The van der Waals surface area contributed by atoms with Crippen molar-refractivity contribution in [1.82, 2.24) is 35.5 Å². The molecular formula is C51H82ClN7O12. The molecule has 19 nitrogen and oxygen atoms in total. The number of methoxy groups -OCH3 is 1. The second kappa shape index (κ2) is 27.7. The molecule has 0 spiro atoms. The molecule has 2 heterocycles. The van der Waals surface area contributed by atoms with Crippen LogP contribution >= 0.6 is 11.8 Å². The zero-order chi connectivity index (χ0) is 53.6. The molecule has 0 aromatic heterocycles. The third-order valence-corrected chi connectivity index (χ3v) is 13.7. The number of aliphatic hydroxyl groups is 1. The second-order valence-corrected chi connectivity index (χ2v) is 21.0. The van der Waals surface area contributed by atoms with Crippen molar-refractivity contribution >= 4 is 59.2 Å². The molecule has 0 unspecified atom stereocenters. The van der Waals surface area contributed by atoms with E-state index in [9.17, 15) is 43.5 Å². The van der Waals surface area contributed by atoms with E-state index in [1.807, 2.05) is 34.6 Å². The maximum Gasteiger partial charge on any atom is 0.329 e. The van der Waals surface area contributed by atoms with Gasteiger partial charge in [-0.1, -0.05) is 87.8 Å². The van der Waals surface area contributed by atoms with Crippen LogP contribution in [-0.2, 0) is 54.3 Å². The first-order chi connectivity index (χ1) is 33.3. The van der Waals surface area contributed by atoms with Gasteiger partial charge in [-0.15, -0.1) is 0 Å². The van der Waals surface area contributed by atoms with E-state index in [4.69, 9.17) is 26.0 Å². The molecule has 3 rings (SSSR count). The van der Waals surface area contributed by atoms with Gasteiger partial charge in [-0.2, -0.15) is 0 Å². The largest absolute Gasteiger partial charge is 0.497 e. The smallest absolute Gasteiger partial charge is 0.329 e. The summed E-state index contributed by atoms with van der Waals surface area (Å²) >= 11 is 6.00. The van der Waals surface area contributed by atoms with Crippen molar-refractivity contribution in [2.24, 2.45) is 29.6 Å². The topological polar surface area (TPSA) is 242 Å². The molecule has 0 aliphatic carbocycles. The molecular weight excluding hydrogens is 938 g/mol. The van der Waals surface area contributed by atoms with E-state index in [2.05, 4.69) is 20.8 Å².